The van der Waals surface area contributed by atoms with E-state index >= 15 is 0 Å². The Kier molecular flexibility index (Phi) is 5.60. The largest absolute Gasteiger partial charge is 0.497 e. The zero-order valence-electron chi connectivity index (χ0n) is 14.0. The molecule has 0 aliphatic carbocycles. The van der Waals surface area contributed by atoms with Gasteiger partial charge in [0.1, 0.15) is 5.75 Å². The number of amides is 2. The maximum absolute atomic E-state index is 12.6. The smallest absolute Gasteiger partial charge is 0.319 e. The van der Waals surface area contributed by atoms with Gasteiger partial charge in [0.2, 0.25) is 0 Å². The van der Waals surface area contributed by atoms with Crippen molar-refractivity contribution in [2.75, 3.05) is 25.6 Å². The first kappa shape index (κ1) is 17.8. The Labute approximate surface area is 155 Å². The summed E-state index contributed by atoms with van der Waals surface area (Å²) < 4.78 is 11.6. The first-order valence-corrected chi connectivity index (χ1v) is 8.98. The fourth-order valence-electron chi connectivity index (χ4n) is 3.05. The van der Waals surface area contributed by atoms with E-state index in [4.69, 9.17) is 9.47 Å². The summed E-state index contributed by atoms with van der Waals surface area (Å²) in [6.45, 7) is 1.24. The molecule has 2 aromatic rings. The van der Waals surface area contributed by atoms with E-state index in [9.17, 15) is 4.79 Å². The lowest BCUT2D eigenvalue weighted by Gasteiger charge is -2.38. The molecular formula is C19H21BrN2O3. The molecule has 2 aromatic carbocycles. The summed E-state index contributed by atoms with van der Waals surface area (Å²) in [6.07, 6.45) is 1.47. The van der Waals surface area contributed by atoms with Crippen LogP contribution in [0.15, 0.2) is 53.0 Å². The molecule has 6 heteroatoms. The number of halogens is 1. The summed E-state index contributed by atoms with van der Waals surface area (Å²) >= 11 is 3.52. The van der Waals surface area contributed by atoms with E-state index in [2.05, 4.69) is 32.6 Å². The Hall–Kier alpha value is -2.05. The van der Waals surface area contributed by atoms with Gasteiger partial charge in [0, 0.05) is 23.4 Å². The molecule has 1 heterocycles. The van der Waals surface area contributed by atoms with Crippen molar-refractivity contribution >= 4 is 27.6 Å². The molecule has 132 valence electrons. The third kappa shape index (κ3) is 4.32. The molecule has 1 fully saturated rings. The Morgan fingerprint density at radius 2 is 1.88 bits per heavy atom. The third-order valence-corrected chi connectivity index (χ3v) is 4.92. The summed E-state index contributed by atoms with van der Waals surface area (Å²) in [4.78, 5) is 12.6. The standard InChI is InChI=1S/C19H21BrN2O3/c1-24-17-7-5-16(6-8-17)21-18(23)22-19(9-11-25-12-10-19)14-3-2-4-15(20)13-14/h2-8,13H,9-12H2,1H3,(H2,21,22,23). The third-order valence-electron chi connectivity index (χ3n) is 4.42. The van der Waals surface area contributed by atoms with Crippen molar-refractivity contribution in [3.8, 4) is 5.75 Å². The molecule has 0 spiro atoms. The summed E-state index contributed by atoms with van der Waals surface area (Å²) in [5.41, 5.74) is 1.36. The predicted molar refractivity (Wildman–Crippen MR) is 101 cm³/mol. The molecule has 0 saturated carbocycles. The topological polar surface area (TPSA) is 59.6 Å². The van der Waals surface area contributed by atoms with Crippen LogP contribution in [0.1, 0.15) is 18.4 Å². The number of ether oxygens (including phenoxy) is 2. The van der Waals surface area contributed by atoms with Crippen LogP contribution in [0.5, 0.6) is 5.75 Å². The molecule has 1 aliphatic rings. The number of methoxy groups -OCH3 is 1. The average Bonchev–Trinajstić information content (AvgIpc) is 2.63. The quantitative estimate of drug-likeness (QED) is 0.798. The molecule has 5 nitrogen and oxygen atoms in total. The normalized spacial score (nSPS) is 16.1. The molecule has 0 aromatic heterocycles. The SMILES string of the molecule is COc1ccc(NC(=O)NC2(c3cccc(Br)c3)CCOCC2)cc1. The first-order valence-electron chi connectivity index (χ1n) is 8.18. The lowest BCUT2D eigenvalue weighted by Crippen LogP contribution is -2.50. The Balaban J connectivity index is 1.76. The Morgan fingerprint density at radius 3 is 2.52 bits per heavy atom. The van der Waals surface area contributed by atoms with Crippen LogP contribution in [0, 0.1) is 0 Å². The van der Waals surface area contributed by atoms with Crippen molar-refractivity contribution in [1.29, 1.82) is 0 Å². The monoisotopic (exact) mass is 404 g/mol. The zero-order valence-corrected chi connectivity index (χ0v) is 15.6. The second kappa shape index (κ2) is 7.89. The highest BCUT2D eigenvalue weighted by Crippen LogP contribution is 2.33. The molecular weight excluding hydrogens is 384 g/mol. The van der Waals surface area contributed by atoms with E-state index in [1.54, 1.807) is 7.11 Å². The number of anilines is 1. The van der Waals surface area contributed by atoms with Crippen molar-refractivity contribution in [3.05, 3.63) is 58.6 Å². The lowest BCUT2D eigenvalue weighted by molar-refractivity contribution is 0.0418. The highest BCUT2D eigenvalue weighted by atomic mass is 79.9. The van der Waals surface area contributed by atoms with Crippen LogP contribution in [-0.2, 0) is 10.3 Å². The van der Waals surface area contributed by atoms with Crippen molar-refractivity contribution in [2.24, 2.45) is 0 Å². The van der Waals surface area contributed by atoms with Crippen LogP contribution in [0.2, 0.25) is 0 Å². The highest BCUT2D eigenvalue weighted by Gasteiger charge is 2.36. The fourth-order valence-corrected chi connectivity index (χ4v) is 3.45. The minimum absolute atomic E-state index is 0.230. The van der Waals surface area contributed by atoms with E-state index in [0.29, 0.717) is 13.2 Å². The van der Waals surface area contributed by atoms with Gasteiger partial charge in [-0.3, -0.25) is 0 Å². The highest BCUT2D eigenvalue weighted by molar-refractivity contribution is 9.10. The minimum Gasteiger partial charge on any atom is -0.497 e. The van der Waals surface area contributed by atoms with Crippen LogP contribution >= 0.6 is 15.9 Å². The second-order valence-electron chi connectivity index (χ2n) is 6.01. The molecule has 1 saturated heterocycles. The Morgan fingerprint density at radius 1 is 1.16 bits per heavy atom. The van der Waals surface area contributed by atoms with Crippen LogP contribution in [0.3, 0.4) is 0 Å². The number of carbonyl (C=O) groups is 1. The number of carbonyl (C=O) groups excluding carboxylic acids is 1. The number of benzene rings is 2. The summed E-state index contributed by atoms with van der Waals surface area (Å²) in [5, 5.41) is 6.06. The van der Waals surface area contributed by atoms with Crippen LogP contribution in [0.25, 0.3) is 0 Å². The lowest BCUT2D eigenvalue weighted by atomic mass is 9.83. The molecule has 2 N–H and O–H groups in total. The predicted octanol–water partition coefficient (Wildman–Crippen LogP) is 4.29. The zero-order chi connectivity index (χ0) is 17.7. The first-order chi connectivity index (χ1) is 12.1. The molecule has 25 heavy (non-hydrogen) atoms. The van der Waals surface area contributed by atoms with Gasteiger partial charge in [-0.2, -0.15) is 0 Å². The van der Waals surface area contributed by atoms with Gasteiger partial charge in [0.05, 0.1) is 12.6 Å². The maximum Gasteiger partial charge on any atom is 0.319 e. The van der Waals surface area contributed by atoms with Gasteiger partial charge in [-0.15, -0.1) is 0 Å². The maximum atomic E-state index is 12.6. The number of urea groups is 1. The van der Waals surface area contributed by atoms with E-state index < -0.39 is 5.54 Å². The van der Waals surface area contributed by atoms with E-state index in [1.807, 2.05) is 42.5 Å². The van der Waals surface area contributed by atoms with Crippen molar-refractivity contribution in [2.45, 2.75) is 18.4 Å². The molecule has 0 unspecified atom stereocenters. The number of hydrogen-bond donors (Lipinski definition) is 2. The molecule has 2 amide bonds. The Bertz CT molecular complexity index is 728. The van der Waals surface area contributed by atoms with Gasteiger partial charge in [-0.25, -0.2) is 4.79 Å². The average molecular weight is 405 g/mol. The van der Waals surface area contributed by atoms with Crippen molar-refractivity contribution in [3.63, 3.8) is 0 Å². The van der Waals surface area contributed by atoms with Gasteiger partial charge >= 0.3 is 6.03 Å². The van der Waals surface area contributed by atoms with E-state index in [-0.39, 0.29) is 6.03 Å². The molecule has 0 radical (unpaired) electrons. The summed E-state index contributed by atoms with van der Waals surface area (Å²) in [5.74, 6) is 0.751. The van der Waals surface area contributed by atoms with Crippen molar-refractivity contribution in [1.82, 2.24) is 5.32 Å². The second-order valence-corrected chi connectivity index (χ2v) is 6.93. The summed E-state index contributed by atoms with van der Waals surface area (Å²) in [6, 6.07) is 15.1. The van der Waals surface area contributed by atoms with Crippen LogP contribution < -0.4 is 15.4 Å². The van der Waals surface area contributed by atoms with Crippen LogP contribution in [0.4, 0.5) is 10.5 Å². The number of rotatable bonds is 4. The van der Waals surface area contributed by atoms with Gasteiger partial charge in [0.25, 0.3) is 0 Å². The minimum atomic E-state index is -0.432. The van der Waals surface area contributed by atoms with Crippen LogP contribution in [-0.4, -0.2) is 26.4 Å². The number of nitrogens with one attached hydrogen (secondary N) is 2. The number of hydrogen-bond acceptors (Lipinski definition) is 3. The van der Waals surface area contributed by atoms with Gasteiger partial charge in [-0.05, 0) is 54.8 Å². The van der Waals surface area contributed by atoms with Gasteiger partial charge in [0.15, 0.2) is 0 Å². The van der Waals surface area contributed by atoms with Gasteiger partial charge in [-0.1, -0.05) is 28.1 Å². The molecule has 0 atom stereocenters. The van der Waals surface area contributed by atoms with E-state index in [1.165, 1.54) is 0 Å². The van der Waals surface area contributed by atoms with Crippen molar-refractivity contribution < 1.29 is 14.3 Å². The summed E-state index contributed by atoms with van der Waals surface area (Å²) in [7, 11) is 1.61. The fraction of sp³-hybridized carbons (Fsp3) is 0.316. The van der Waals surface area contributed by atoms with E-state index in [0.717, 1.165) is 34.3 Å². The molecule has 0 bridgehead atoms. The molecule has 3 rings (SSSR count). The van der Waals surface area contributed by atoms with Gasteiger partial charge < -0.3 is 20.1 Å². The molecule has 1 aliphatic heterocycles.